The van der Waals surface area contributed by atoms with E-state index in [4.69, 9.17) is 5.11 Å². The number of allylic oxidation sites excluding steroid dienone is 1. The van der Waals surface area contributed by atoms with Crippen LogP contribution in [-0.4, -0.2) is 20.9 Å². The molecule has 0 amide bonds. The molecule has 0 saturated heterocycles. The molecule has 0 heterocycles. The molecule has 1 atom stereocenters. The van der Waals surface area contributed by atoms with Crippen molar-refractivity contribution < 1.29 is 14.5 Å². The van der Waals surface area contributed by atoms with Crippen molar-refractivity contribution in [2.75, 3.05) is 0 Å². The summed E-state index contributed by atoms with van der Waals surface area (Å²) in [4.78, 5) is 11.1. The van der Waals surface area contributed by atoms with Crippen LogP contribution < -0.4 is 0 Å². The van der Waals surface area contributed by atoms with E-state index in [1.54, 1.807) is 6.08 Å². The third-order valence-electron chi connectivity index (χ3n) is 2.20. The van der Waals surface area contributed by atoms with E-state index in [1.165, 1.54) is 0 Å². The SMILES string of the molecule is CC(C)[S+]([O-])c1ccc(C/C=C/C(=O)O)cc1. The van der Waals surface area contributed by atoms with Crippen LogP contribution in [0.15, 0.2) is 41.3 Å². The van der Waals surface area contributed by atoms with Crippen molar-refractivity contribution in [1.82, 2.24) is 0 Å². The summed E-state index contributed by atoms with van der Waals surface area (Å²) in [5.41, 5.74) is 1.01. The first-order valence-corrected chi connectivity index (χ1v) is 6.61. The van der Waals surface area contributed by atoms with E-state index < -0.39 is 17.1 Å². The quantitative estimate of drug-likeness (QED) is 0.646. The van der Waals surface area contributed by atoms with Gasteiger partial charge in [-0.2, -0.15) is 0 Å². The van der Waals surface area contributed by atoms with Gasteiger partial charge in [-0.1, -0.05) is 18.2 Å². The Morgan fingerprint density at radius 3 is 2.47 bits per heavy atom. The molecule has 1 N–H and O–H groups in total. The minimum absolute atomic E-state index is 0.104. The minimum atomic E-state index is -0.969. The zero-order valence-electron chi connectivity index (χ0n) is 9.92. The zero-order valence-corrected chi connectivity index (χ0v) is 10.7. The van der Waals surface area contributed by atoms with Gasteiger partial charge in [0.2, 0.25) is 0 Å². The highest BCUT2D eigenvalue weighted by molar-refractivity contribution is 7.92. The first-order chi connectivity index (χ1) is 8.00. The molecular weight excluding hydrogens is 236 g/mol. The molecule has 1 rings (SSSR count). The Labute approximate surface area is 104 Å². The molecule has 0 aliphatic heterocycles. The summed E-state index contributed by atoms with van der Waals surface area (Å²) in [6.45, 7) is 3.83. The van der Waals surface area contributed by atoms with Gasteiger partial charge in [-0.3, -0.25) is 0 Å². The first kappa shape index (κ1) is 13.8. The number of carbonyl (C=O) groups is 1. The molecule has 92 valence electrons. The number of rotatable bonds is 5. The van der Waals surface area contributed by atoms with Crippen LogP contribution in [0.5, 0.6) is 0 Å². The van der Waals surface area contributed by atoms with Gasteiger partial charge in [-0.25, -0.2) is 4.79 Å². The molecule has 0 spiro atoms. The smallest absolute Gasteiger partial charge is 0.327 e. The van der Waals surface area contributed by atoms with Crippen molar-refractivity contribution in [2.45, 2.75) is 30.4 Å². The Bertz CT molecular complexity index is 396. The molecule has 0 saturated carbocycles. The number of aliphatic carboxylic acids is 1. The molecule has 1 aromatic rings. The zero-order chi connectivity index (χ0) is 12.8. The molecule has 0 aromatic heterocycles. The predicted molar refractivity (Wildman–Crippen MR) is 68.5 cm³/mol. The lowest BCUT2D eigenvalue weighted by Gasteiger charge is -2.13. The van der Waals surface area contributed by atoms with Crippen LogP contribution in [0.25, 0.3) is 0 Å². The van der Waals surface area contributed by atoms with Crippen LogP contribution in [-0.2, 0) is 22.4 Å². The minimum Gasteiger partial charge on any atom is -0.611 e. The number of benzene rings is 1. The number of hydrogen-bond acceptors (Lipinski definition) is 2. The maximum atomic E-state index is 11.8. The van der Waals surface area contributed by atoms with Crippen LogP contribution >= 0.6 is 0 Å². The molecule has 17 heavy (non-hydrogen) atoms. The highest BCUT2D eigenvalue weighted by Gasteiger charge is 2.14. The molecule has 1 aromatic carbocycles. The van der Waals surface area contributed by atoms with Gasteiger partial charge in [0.15, 0.2) is 4.90 Å². The molecule has 3 nitrogen and oxygen atoms in total. The normalized spacial score (nSPS) is 13.2. The van der Waals surface area contributed by atoms with Crippen LogP contribution in [0.1, 0.15) is 19.4 Å². The molecule has 0 fully saturated rings. The van der Waals surface area contributed by atoms with Crippen LogP contribution in [0.3, 0.4) is 0 Å². The average molecular weight is 252 g/mol. The van der Waals surface area contributed by atoms with Crippen molar-refractivity contribution in [3.8, 4) is 0 Å². The number of carboxylic acids is 1. The summed E-state index contributed by atoms with van der Waals surface area (Å²) in [7, 11) is 0. The van der Waals surface area contributed by atoms with E-state index in [-0.39, 0.29) is 5.25 Å². The molecular formula is C13H16O3S. The van der Waals surface area contributed by atoms with Gasteiger partial charge in [-0.15, -0.1) is 0 Å². The van der Waals surface area contributed by atoms with Crippen molar-refractivity contribution in [3.63, 3.8) is 0 Å². The Morgan fingerprint density at radius 1 is 1.41 bits per heavy atom. The third-order valence-corrected chi connectivity index (χ3v) is 3.79. The largest absolute Gasteiger partial charge is 0.611 e. The Hall–Kier alpha value is -1.26. The highest BCUT2D eigenvalue weighted by Crippen LogP contribution is 2.16. The summed E-state index contributed by atoms with van der Waals surface area (Å²) in [5.74, 6) is -0.942. The van der Waals surface area contributed by atoms with Crippen molar-refractivity contribution in [2.24, 2.45) is 0 Å². The highest BCUT2D eigenvalue weighted by atomic mass is 32.2. The molecule has 1 unspecified atom stereocenters. The Kier molecular flexibility index (Phi) is 5.25. The Balaban J connectivity index is 2.65. The molecule has 0 aliphatic rings. The van der Waals surface area contributed by atoms with Gasteiger partial charge in [0.1, 0.15) is 5.25 Å². The molecule has 0 radical (unpaired) electrons. The van der Waals surface area contributed by atoms with E-state index in [0.29, 0.717) is 6.42 Å². The van der Waals surface area contributed by atoms with Crippen molar-refractivity contribution >= 4 is 17.1 Å². The van der Waals surface area contributed by atoms with Gasteiger partial charge < -0.3 is 9.66 Å². The van der Waals surface area contributed by atoms with Gasteiger partial charge in [0.05, 0.1) is 0 Å². The second-order valence-electron chi connectivity index (χ2n) is 3.93. The maximum Gasteiger partial charge on any atom is 0.327 e. The fourth-order valence-electron chi connectivity index (χ4n) is 1.33. The van der Waals surface area contributed by atoms with Crippen LogP contribution in [0, 0.1) is 0 Å². The fourth-order valence-corrected chi connectivity index (χ4v) is 2.28. The predicted octanol–water partition coefficient (Wildman–Crippen LogP) is 2.39. The number of carboxylic acid groups (broad SMARTS) is 1. The topological polar surface area (TPSA) is 60.4 Å². The van der Waals surface area contributed by atoms with Crippen LogP contribution in [0.4, 0.5) is 0 Å². The first-order valence-electron chi connectivity index (χ1n) is 5.39. The number of hydrogen-bond donors (Lipinski definition) is 1. The monoisotopic (exact) mass is 252 g/mol. The second-order valence-corrected chi connectivity index (χ2v) is 5.94. The van der Waals surface area contributed by atoms with Gasteiger partial charge in [-0.05, 0) is 49.1 Å². The lowest BCUT2D eigenvalue weighted by Crippen LogP contribution is -2.13. The lowest BCUT2D eigenvalue weighted by atomic mass is 10.1. The standard InChI is InChI=1S/C13H16O3S/c1-10(2)17(16)12-8-6-11(7-9-12)4-3-5-13(14)15/h3,5-10H,4H2,1-2H3,(H,14,15)/b5-3+. The lowest BCUT2D eigenvalue weighted by molar-refractivity contribution is -0.131. The summed E-state index contributed by atoms with van der Waals surface area (Å²) >= 11 is -0.969. The molecule has 4 heteroatoms. The van der Waals surface area contributed by atoms with E-state index in [9.17, 15) is 9.35 Å². The molecule has 0 bridgehead atoms. The second kappa shape index (κ2) is 6.47. The third kappa shape index (κ3) is 4.63. The van der Waals surface area contributed by atoms with E-state index in [2.05, 4.69) is 0 Å². The van der Waals surface area contributed by atoms with Gasteiger partial charge in [0.25, 0.3) is 0 Å². The molecule has 0 aliphatic carbocycles. The van der Waals surface area contributed by atoms with Crippen LogP contribution in [0.2, 0.25) is 0 Å². The summed E-state index contributed by atoms with van der Waals surface area (Å²) in [6.07, 6.45) is 3.29. The summed E-state index contributed by atoms with van der Waals surface area (Å²) in [5, 5.41) is 8.55. The van der Waals surface area contributed by atoms with Gasteiger partial charge >= 0.3 is 5.97 Å². The van der Waals surface area contributed by atoms with E-state index in [0.717, 1.165) is 16.5 Å². The fraction of sp³-hybridized carbons (Fsp3) is 0.308. The van der Waals surface area contributed by atoms with Crippen molar-refractivity contribution in [3.05, 3.63) is 42.0 Å². The van der Waals surface area contributed by atoms with E-state index >= 15 is 0 Å². The summed E-state index contributed by atoms with van der Waals surface area (Å²) < 4.78 is 11.8. The van der Waals surface area contributed by atoms with E-state index in [1.807, 2.05) is 38.1 Å². The maximum absolute atomic E-state index is 11.8. The van der Waals surface area contributed by atoms with Gasteiger partial charge in [0, 0.05) is 6.08 Å². The Morgan fingerprint density at radius 2 is 2.00 bits per heavy atom. The summed E-state index contributed by atoms with van der Waals surface area (Å²) in [6, 6.07) is 7.42. The van der Waals surface area contributed by atoms with Crippen molar-refractivity contribution in [1.29, 1.82) is 0 Å². The average Bonchev–Trinajstić information content (AvgIpc) is 2.28.